The number of hydrogen-bond acceptors (Lipinski definition) is 3. The van der Waals surface area contributed by atoms with Crippen molar-refractivity contribution in [3.63, 3.8) is 0 Å². The number of halogens is 1. The number of nitrogens with one attached hydrogen (secondary N) is 3. The molecule has 1 saturated carbocycles. The van der Waals surface area contributed by atoms with Gasteiger partial charge in [0.1, 0.15) is 11.6 Å². The van der Waals surface area contributed by atoms with Gasteiger partial charge in [0.25, 0.3) is 5.91 Å². The van der Waals surface area contributed by atoms with Gasteiger partial charge in [0.2, 0.25) is 5.91 Å². The average molecular weight is 487 g/mol. The Hall–Kier alpha value is -4.00. The zero-order chi connectivity index (χ0) is 25.5. The number of carbonyl (C=O) groups excluding carboxylic acids is 2. The van der Waals surface area contributed by atoms with Crippen LogP contribution >= 0.6 is 0 Å². The zero-order valence-corrected chi connectivity index (χ0v) is 20.4. The Morgan fingerprint density at radius 1 is 1.06 bits per heavy atom. The first-order chi connectivity index (χ1) is 17.4. The van der Waals surface area contributed by atoms with Gasteiger partial charge in [-0.25, -0.2) is 9.37 Å². The zero-order valence-electron chi connectivity index (χ0n) is 20.4. The molecule has 1 heterocycles. The second-order valence-electron chi connectivity index (χ2n) is 9.03. The molecule has 2 amide bonds. The first-order valence-corrected chi connectivity index (χ1v) is 12.3. The lowest BCUT2D eigenvalue weighted by molar-refractivity contribution is -0.124. The fourth-order valence-electron chi connectivity index (χ4n) is 4.43. The van der Waals surface area contributed by atoms with E-state index in [0.717, 1.165) is 41.9 Å². The number of anilines is 1. The van der Waals surface area contributed by atoms with Gasteiger partial charge in [-0.3, -0.25) is 9.59 Å². The summed E-state index contributed by atoms with van der Waals surface area (Å²) >= 11 is 0. The van der Waals surface area contributed by atoms with Crippen molar-refractivity contribution in [1.29, 1.82) is 0 Å². The molecule has 0 saturated heterocycles. The number of benzene rings is 2. The third kappa shape index (κ3) is 6.16. The molecule has 1 fully saturated rings. The van der Waals surface area contributed by atoms with Crippen LogP contribution in [-0.2, 0) is 4.79 Å². The molecule has 1 aliphatic carbocycles. The maximum Gasteiger partial charge on any atom is 0.258 e. The van der Waals surface area contributed by atoms with Crippen molar-refractivity contribution in [1.82, 2.24) is 15.3 Å². The summed E-state index contributed by atoms with van der Waals surface area (Å²) in [6.07, 6.45) is 10.1. The van der Waals surface area contributed by atoms with Gasteiger partial charge in [-0.1, -0.05) is 50.5 Å². The molecule has 0 aliphatic heterocycles. The van der Waals surface area contributed by atoms with E-state index in [4.69, 9.17) is 0 Å². The number of nitrogens with zero attached hydrogens (tertiary/aromatic N) is 1. The molecular formula is C29H31FN4O2. The lowest BCUT2D eigenvalue weighted by atomic mass is 9.99. The number of allylic oxidation sites excluding steroid dienone is 1. The fraction of sp³-hybridized carbons (Fsp3) is 0.276. The molecule has 186 valence electrons. The van der Waals surface area contributed by atoms with Gasteiger partial charge in [-0.2, -0.15) is 0 Å². The number of amides is 2. The van der Waals surface area contributed by atoms with Crippen molar-refractivity contribution in [2.24, 2.45) is 5.92 Å². The summed E-state index contributed by atoms with van der Waals surface area (Å²) in [6, 6.07) is 13.0. The topological polar surface area (TPSA) is 86.9 Å². The van der Waals surface area contributed by atoms with Gasteiger partial charge < -0.3 is 15.6 Å². The highest BCUT2D eigenvalue weighted by Gasteiger charge is 2.20. The van der Waals surface area contributed by atoms with Gasteiger partial charge in [0.15, 0.2) is 0 Å². The number of carbonyl (C=O) groups is 2. The summed E-state index contributed by atoms with van der Waals surface area (Å²) in [5, 5.41) is 7.15. The van der Waals surface area contributed by atoms with E-state index >= 15 is 0 Å². The molecule has 3 N–H and O–H groups in total. The number of aromatic amines is 1. The minimum absolute atomic E-state index is 0.0118. The first-order valence-electron chi connectivity index (χ1n) is 12.3. The van der Waals surface area contributed by atoms with Crippen LogP contribution < -0.4 is 21.3 Å². The van der Waals surface area contributed by atoms with Crippen molar-refractivity contribution >= 4 is 29.7 Å². The first kappa shape index (κ1) is 25.1. The van der Waals surface area contributed by atoms with Crippen molar-refractivity contribution in [2.75, 3.05) is 5.32 Å². The molecule has 1 aromatic heterocycles. The Morgan fingerprint density at radius 2 is 1.75 bits per heavy atom. The van der Waals surface area contributed by atoms with Gasteiger partial charge in [0.05, 0.1) is 16.3 Å². The number of hydrogen-bond donors (Lipinski definition) is 3. The number of rotatable bonds is 6. The van der Waals surface area contributed by atoms with Crippen molar-refractivity contribution < 1.29 is 14.0 Å². The van der Waals surface area contributed by atoms with Crippen LogP contribution in [0.4, 0.5) is 10.1 Å². The normalized spacial score (nSPS) is 15.4. The second kappa shape index (κ2) is 11.6. The maximum absolute atomic E-state index is 13.9. The molecule has 4 rings (SSSR count). The molecule has 1 aliphatic rings. The molecule has 0 spiro atoms. The fourth-order valence-corrected chi connectivity index (χ4v) is 4.43. The number of H-pyrrole nitrogens is 1. The van der Waals surface area contributed by atoms with E-state index in [1.165, 1.54) is 25.0 Å². The highest BCUT2D eigenvalue weighted by atomic mass is 19.1. The summed E-state index contributed by atoms with van der Waals surface area (Å²) in [5.41, 5.74) is 1.87. The Morgan fingerprint density at radius 3 is 2.42 bits per heavy atom. The minimum atomic E-state index is -0.568. The average Bonchev–Trinajstić information content (AvgIpc) is 3.07. The molecule has 0 radical (unpaired) electrons. The molecule has 0 atom stereocenters. The molecule has 6 nitrogen and oxygen atoms in total. The van der Waals surface area contributed by atoms with E-state index in [0.29, 0.717) is 17.2 Å². The van der Waals surface area contributed by atoms with Crippen LogP contribution in [-0.4, -0.2) is 21.8 Å². The quantitative estimate of drug-likeness (QED) is 0.444. The molecule has 7 heteroatoms. The van der Waals surface area contributed by atoms with E-state index in [9.17, 15) is 14.0 Å². The standard InChI is InChI=1S/C29H31FN4O2/c1-3-25-26(18-19(2)31-28(35)21-10-6-4-5-7-11-21)34-27(33-25)20-14-16-22(17-15-20)32-29(36)23-12-8-9-13-24(23)30/h3,8-9,12-18,21H,2,4-7,10-11H2,1H3,(H,31,35)(H,32,36)(H,33,34)/b25-3+,26-18+. The van der Waals surface area contributed by atoms with Gasteiger partial charge >= 0.3 is 0 Å². The van der Waals surface area contributed by atoms with E-state index < -0.39 is 11.7 Å². The van der Waals surface area contributed by atoms with Crippen molar-refractivity contribution in [2.45, 2.75) is 45.4 Å². The summed E-state index contributed by atoms with van der Waals surface area (Å²) in [4.78, 5) is 33.0. The molecule has 2 aromatic carbocycles. The Labute approximate surface area is 210 Å². The van der Waals surface area contributed by atoms with Crippen LogP contribution in [0.5, 0.6) is 0 Å². The summed E-state index contributed by atoms with van der Waals surface area (Å²) in [6.45, 7) is 5.91. The van der Waals surface area contributed by atoms with Gasteiger partial charge in [-0.15, -0.1) is 0 Å². The summed E-state index contributed by atoms with van der Waals surface area (Å²) in [5.74, 6) is -0.355. The smallest absolute Gasteiger partial charge is 0.258 e. The highest BCUT2D eigenvalue weighted by Crippen LogP contribution is 2.23. The Balaban J connectivity index is 1.47. The van der Waals surface area contributed by atoms with Crippen LogP contribution in [0.1, 0.15) is 55.8 Å². The minimum Gasteiger partial charge on any atom is -0.338 e. The lowest BCUT2D eigenvalue weighted by Gasteiger charge is -2.13. The van der Waals surface area contributed by atoms with Crippen LogP contribution in [0.2, 0.25) is 0 Å². The molecule has 0 unspecified atom stereocenters. The van der Waals surface area contributed by atoms with E-state index in [-0.39, 0.29) is 17.4 Å². The van der Waals surface area contributed by atoms with E-state index in [2.05, 4.69) is 27.2 Å². The van der Waals surface area contributed by atoms with Crippen LogP contribution in [0.15, 0.2) is 60.8 Å². The van der Waals surface area contributed by atoms with Gasteiger partial charge in [0, 0.05) is 22.9 Å². The van der Waals surface area contributed by atoms with Crippen LogP contribution in [0.25, 0.3) is 23.5 Å². The summed E-state index contributed by atoms with van der Waals surface area (Å²) in [7, 11) is 0. The Bertz CT molecular complexity index is 1370. The number of imidazole rings is 1. The monoisotopic (exact) mass is 486 g/mol. The van der Waals surface area contributed by atoms with E-state index in [1.54, 1.807) is 30.3 Å². The maximum atomic E-state index is 13.9. The van der Waals surface area contributed by atoms with Gasteiger partial charge in [-0.05, 0) is 62.2 Å². The predicted octanol–water partition coefficient (Wildman–Crippen LogP) is 4.65. The molecule has 3 aromatic rings. The van der Waals surface area contributed by atoms with E-state index in [1.807, 2.05) is 25.1 Å². The number of aromatic nitrogens is 2. The van der Waals surface area contributed by atoms with Crippen molar-refractivity contribution in [3.05, 3.63) is 82.9 Å². The molecule has 36 heavy (non-hydrogen) atoms. The van der Waals surface area contributed by atoms with Crippen LogP contribution in [0, 0.1) is 11.7 Å². The predicted molar refractivity (Wildman–Crippen MR) is 141 cm³/mol. The SMILES string of the molecule is C=C(/C=c1/[nH]c(-c2ccc(NC(=O)c3ccccc3F)cc2)n/c1=C/C)NC(=O)C1CCCCCC1. The molecular weight excluding hydrogens is 455 g/mol. The third-order valence-corrected chi connectivity index (χ3v) is 6.40. The van der Waals surface area contributed by atoms with Crippen molar-refractivity contribution in [3.8, 4) is 11.4 Å². The highest BCUT2D eigenvalue weighted by molar-refractivity contribution is 6.04. The lowest BCUT2D eigenvalue weighted by Crippen LogP contribution is -2.31. The third-order valence-electron chi connectivity index (χ3n) is 6.40. The second-order valence-corrected chi connectivity index (χ2v) is 9.03. The largest absolute Gasteiger partial charge is 0.338 e. The molecule has 0 bridgehead atoms. The summed E-state index contributed by atoms with van der Waals surface area (Å²) < 4.78 is 13.9. The Kier molecular flexibility index (Phi) is 8.10. The van der Waals surface area contributed by atoms with Crippen LogP contribution in [0.3, 0.4) is 0 Å².